The fourth-order valence-corrected chi connectivity index (χ4v) is 14.5. The van der Waals surface area contributed by atoms with Crippen LogP contribution in [0.15, 0.2) is 85.8 Å². The lowest BCUT2D eigenvalue weighted by Crippen LogP contribution is -2.37. The summed E-state index contributed by atoms with van der Waals surface area (Å²) in [6, 6.07) is 22.7. The SMILES string of the molecule is O=C1CC(CSc2nc3ccccc3s2)C(=O)[O][Al]([O]C(=O)CC(CSc2nc3ccccc3s2)C(=O)[O][Al]2[O]C(=O)CC(CSc3nc4ccccc4s3)C(=O)[O]2)[O]1. The third-order valence-corrected chi connectivity index (χ3v) is 18.3. The van der Waals surface area contributed by atoms with Crippen LogP contribution in [0.4, 0.5) is 0 Å². The number of thioether (sulfide) groups is 3. The van der Waals surface area contributed by atoms with E-state index < -0.39 is 90.3 Å². The summed E-state index contributed by atoms with van der Waals surface area (Å²) in [6.45, 7) is 0. The highest BCUT2D eigenvalue weighted by Crippen LogP contribution is 2.35. The van der Waals surface area contributed by atoms with Crippen LogP contribution >= 0.6 is 69.3 Å². The first-order chi connectivity index (χ1) is 28.6. The van der Waals surface area contributed by atoms with Crippen LogP contribution in [-0.4, -0.2) is 98.3 Å². The van der Waals surface area contributed by atoms with Crippen LogP contribution in [0.5, 0.6) is 0 Å². The number of fused-ring (bicyclic) bond motifs is 3. The van der Waals surface area contributed by atoms with Gasteiger partial charge in [-0.1, -0.05) is 71.7 Å². The van der Waals surface area contributed by atoms with Crippen molar-refractivity contribution >= 4 is 166 Å². The molecule has 3 aromatic carbocycles. The first-order valence-corrected chi connectivity index (χ1v) is 26.0. The molecule has 2 aliphatic heterocycles. The fraction of sp³-hybridized carbons (Fsp3) is 0.250. The number of carbonyl (C=O) groups is 6. The van der Waals surface area contributed by atoms with E-state index in [0.717, 1.165) is 30.6 Å². The van der Waals surface area contributed by atoms with Crippen LogP contribution < -0.4 is 0 Å². The van der Waals surface area contributed by atoms with Crippen LogP contribution in [0.2, 0.25) is 0 Å². The molecule has 2 aliphatic rings. The Kier molecular flexibility index (Phi) is 13.7. The van der Waals surface area contributed by atoms with Gasteiger partial charge in [0.05, 0.1) is 67.7 Å². The fourth-order valence-electron chi connectivity index (χ4n) is 5.67. The number of thiazole rings is 3. The van der Waals surface area contributed by atoms with Crippen molar-refractivity contribution in [3.63, 3.8) is 0 Å². The maximum atomic E-state index is 13.7. The molecule has 6 aromatic rings. The van der Waals surface area contributed by atoms with Gasteiger partial charge in [-0.25, -0.2) is 15.0 Å². The van der Waals surface area contributed by atoms with Crippen LogP contribution in [0, 0.1) is 17.8 Å². The van der Waals surface area contributed by atoms with Gasteiger partial charge in [0, 0.05) is 17.3 Å². The molecule has 0 aliphatic carbocycles. The molecule has 15 nitrogen and oxygen atoms in total. The van der Waals surface area contributed by atoms with Crippen LogP contribution in [0.3, 0.4) is 0 Å². The predicted octanol–water partition coefficient (Wildman–Crippen LogP) is 6.47. The average Bonchev–Trinajstić information content (AvgIpc) is 3.91. The van der Waals surface area contributed by atoms with E-state index in [9.17, 15) is 28.8 Å². The molecule has 0 bridgehead atoms. The second kappa shape index (κ2) is 19.3. The van der Waals surface area contributed by atoms with Crippen LogP contribution in [0.1, 0.15) is 19.3 Å². The lowest BCUT2D eigenvalue weighted by molar-refractivity contribution is -0.153. The zero-order chi connectivity index (χ0) is 40.9. The number of rotatable bonds is 14. The molecular weight excluding hydrogens is 913 g/mol. The molecule has 3 aromatic heterocycles. The number of para-hydroxylation sites is 3. The molecule has 3 atom stereocenters. The Morgan fingerprint density at radius 1 is 0.627 bits per heavy atom. The van der Waals surface area contributed by atoms with Gasteiger partial charge in [0.15, 0.2) is 13.0 Å². The Hall–Kier alpha value is -3.74. The molecule has 3 unspecified atom stereocenters. The molecule has 300 valence electrons. The van der Waals surface area contributed by atoms with Gasteiger partial charge in [0.25, 0.3) is 35.8 Å². The third-order valence-electron chi connectivity index (χ3n) is 8.61. The Labute approximate surface area is 369 Å². The van der Waals surface area contributed by atoms with Gasteiger partial charge in [0.2, 0.25) is 0 Å². The Morgan fingerprint density at radius 2 is 1.05 bits per heavy atom. The second-order valence-electron chi connectivity index (χ2n) is 12.8. The molecule has 2 saturated heterocycles. The van der Waals surface area contributed by atoms with Gasteiger partial charge in [-0.15, -0.1) is 34.0 Å². The molecule has 5 heterocycles. The molecule has 23 heteroatoms. The standard InChI is InChI=1S/3C12H11NO4S2.2Al/c3*14-10(15)5-7(11(16)17)6-18-12-13-8-3-1-2-4-9(8)19-12;;/h3*1-4,7H,5-6H2,(H,14,15)(H,16,17);;/q;;;2*+3/p-6. The molecule has 0 saturated carbocycles. The van der Waals surface area contributed by atoms with Crippen molar-refractivity contribution in [2.24, 2.45) is 17.8 Å². The third kappa shape index (κ3) is 11.0. The van der Waals surface area contributed by atoms with Crippen molar-refractivity contribution in [1.82, 2.24) is 15.0 Å². The molecule has 8 rings (SSSR count). The van der Waals surface area contributed by atoms with E-state index in [-0.39, 0.29) is 30.1 Å². The van der Waals surface area contributed by atoms with E-state index in [1.165, 1.54) is 69.3 Å². The molecule has 0 radical (unpaired) electrons. The van der Waals surface area contributed by atoms with Crippen LogP contribution in [-0.2, 0) is 51.5 Å². The van der Waals surface area contributed by atoms with Crippen molar-refractivity contribution in [3.05, 3.63) is 72.8 Å². The van der Waals surface area contributed by atoms with Crippen molar-refractivity contribution in [1.29, 1.82) is 0 Å². The molecule has 2 fully saturated rings. The minimum absolute atomic E-state index is 0.0466. The highest BCUT2D eigenvalue weighted by Gasteiger charge is 2.55. The highest BCUT2D eigenvalue weighted by atomic mass is 32.2. The molecular formula is C36H27Al2N3O12S6. The number of hydrogen-bond donors (Lipinski definition) is 0. The second-order valence-corrected chi connectivity index (χ2v) is 22.3. The summed E-state index contributed by atoms with van der Waals surface area (Å²) in [7, 11) is 0. The van der Waals surface area contributed by atoms with Gasteiger partial charge in [-0.05, 0) is 36.4 Å². The van der Waals surface area contributed by atoms with Crippen LogP contribution in [0.25, 0.3) is 30.6 Å². The zero-order valence-corrected chi connectivity index (χ0v) is 37.5. The molecule has 0 N–H and O–H groups in total. The van der Waals surface area contributed by atoms with Crippen molar-refractivity contribution in [2.45, 2.75) is 32.3 Å². The lowest BCUT2D eigenvalue weighted by Gasteiger charge is -2.18. The Balaban J connectivity index is 0.892. The predicted molar refractivity (Wildman–Crippen MR) is 223 cm³/mol. The molecule has 0 amide bonds. The Morgan fingerprint density at radius 3 is 1.51 bits per heavy atom. The largest absolute Gasteiger partial charge is 1.20 e. The zero-order valence-electron chi connectivity index (χ0n) is 30.2. The monoisotopic (exact) mass is 939 g/mol. The normalized spacial score (nSPS) is 17.8. The molecule has 59 heavy (non-hydrogen) atoms. The minimum atomic E-state index is -3.72. The Bertz CT molecular complexity index is 2470. The maximum absolute atomic E-state index is 13.7. The van der Waals surface area contributed by atoms with Gasteiger partial charge in [-0.3, -0.25) is 28.8 Å². The minimum Gasteiger partial charge on any atom is -0.551 e. The quantitative estimate of drug-likeness (QED) is 0.0850. The van der Waals surface area contributed by atoms with Gasteiger partial charge in [0.1, 0.15) is 0 Å². The van der Waals surface area contributed by atoms with E-state index in [2.05, 4.69) is 15.0 Å². The summed E-state index contributed by atoms with van der Waals surface area (Å²) in [4.78, 5) is 92.5. The first kappa shape index (κ1) is 42.0. The van der Waals surface area contributed by atoms with Gasteiger partial charge < -0.3 is 22.7 Å². The smallest absolute Gasteiger partial charge is 0.551 e. The van der Waals surface area contributed by atoms with Crippen molar-refractivity contribution in [3.8, 4) is 0 Å². The van der Waals surface area contributed by atoms with Gasteiger partial charge in [-0.2, -0.15) is 0 Å². The highest BCUT2D eigenvalue weighted by molar-refractivity contribution is 8.01. The summed E-state index contributed by atoms with van der Waals surface area (Å²) >= 11 is 0.687. The summed E-state index contributed by atoms with van der Waals surface area (Å²) in [5.41, 5.74) is 2.39. The summed E-state index contributed by atoms with van der Waals surface area (Å²) < 4.78 is 37.2. The average molecular weight is 940 g/mol. The van der Waals surface area contributed by atoms with Crippen molar-refractivity contribution in [2.75, 3.05) is 17.3 Å². The number of hydrogen-bond acceptors (Lipinski definition) is 21. The first-order valence-electron chi connectivity index (χ1n) is 17.8. The number of benzene rings is 3. The van der Waals surface area contributed by atoms with E-state index >= 15 is 0 Å². The van der Waals surface area contributed by atoms with E-state index in [1.54, 1.807) is 0 Å². The van der Waals surface area contributed by atoms with E-state index in [0.29, 0.717) is 13.0 Å². The van der Waals surface area contributed by atoms with E-state index in [1.807, 2.05) is 72.8 Å². The maximum Gasteiger partial charge on any atom is 1.20 e. The number of aromatic nitrogens is 3. The van der Waals surface area contributed by atoms with E-state index in [4.69, 9.17) is 22.7 Å². The summed E-state index contributed by atoms with van der Waals surface area (Å²) in [5, 5.41) is 0. The summed E-state index contributed by atoms with van der Waals surface area (Å²) in [6.07, 6.45) is -1.17. The topological polar surface area (TPSA) is 196 Å². The molecule has 0 spiro atoms. The van der Waals surface area contributed by atoms with Gasteiger partial charge >= 0.3 is 30.3 Å². The lowest BCUT2D eigenvalue weighted by atomic mass is 10.1. The number of nitrogens with zero attached hydrogens (tertiary/aromatic N) is 3. The van der Waals surface area contributed by atoms with Crippen molar-refractivity contribution < 1.29 is 51.5 Å². The number of carbonyl (C=O) groups excluding carboxylic acids is 6. The summed E-state index contributed by atoms with van der Waals surface area (Å²) in [5.74, 6) is -7.70.